The van der Waals surface area contributed by atoms with Gasteiger partial charge in [-0.15, -0.1) is 0 Å². The largest absolute Gasteiger partial charge is 0.847 e. The molecule has 0 radical (unpaired) electrons. The molecule has 10 rings (SSSR count). The van der Waals surface area contributed by atoms with Gasteiger partial charge in [0.1, 0.15) is 0 Å². The molecule has 0 saturated heterocycles. The molecule has 0 spiro atoms. The van der Waals surface area contributed by atoms with E-state index in [2.05, 4.69) is 193 Å². The molecule has 306 valence electrons. The van der Waals surface area contributed by atoms with Crippen molar-refractivity contribution in [2.45, 2.75) is 52.4 Å². The molecule has 0 N–H and O–H groups in total. The van der Waals surface area contributed by atoms with E-state index in [-0.39, 0.29) is 10.8 Å². The lowest BCUT2D eigenvalue weighted by molar-refractivity contribution is -0.332. The van der Waals surface area contributed by atoms with Gasteiger partial charge in [-0.1, -0.05) is 199 Å². The molecule has 0 amide bonds. The quantitative estimate of drug-likeness (QED) is 0.142. The average molecular weight is 818 g/mol. The number of halogens is 1. The fourth-order valence-electron chi connectivity index (χ4n) is 9.27. The van der Waals surface area contributed by atoms with Crippen molar-refractivity contribution in [2.24, 2.45) is 0 Å². The highest BCUT2D eigenvalue weighted by Crippen LogP contribution is 2.49. The standard InChI is InChI=1S/C59H51BFN2/c1-58(2,3)49-31-27-40(28-32-49)46-35-47(41-29-33-50(34-30-41)59(4,5)6)37-48(36-46)55-56-51(42-19-11-7-12-20-42)38-53(44-23-15-9-16-24-44)62(56)60(61)63-54(45-25-17-10-18-26-45)39-52(57(55)63)43-21-13-8-14-22-43/h7-39H,1-6H3/q+1. The molecule has 0 fully saturated rings. The summed E-state index contributed by atoms with van der Waals surface area (Å²) in [5.74, 6) is 0. The van der Waals surface area contributed by atoms with Crippen molar-refractivity contribution in [1.29, 1.82) is 0 Å². The molecule has 0 unspecified atom stereocenters. The second-order valence-corrected chi connectivity index (χ2v) is 18.9. The number of rotatable bonds is 7. The molecular weight excluding hydrogens is 766 g/mol. The van der Waals surface area contributed by atoms with E-state index < -0.39 is 7.26 Å². The van der Waals surface area contributed by atoms with Crippen LogP contribution in [-0.4, -0.2) is 21.9 Å². The predicted octanol–water partition coefficient (Wildman–Crippen LogP) is 14.9. The van der Waals surface area contributed by atoms with Crippen LogP contribution in [-0.2, 0) is 10.8 Å². The number of nitrogens with zero attached hydrogens (tertiary/aromatic N) is 2. The predicted molar refractivity (Wildman–Crippen MR) is 264 cm³/mol. The highest BCUT2D eigenvalue weighted by molar-refractivity contribution is 6.46. The fraction of sp³-hybridized carbons (Fsp3) is 0.136. The first-order valence-corrected chi connectivity index (χ1v) is 22.1. The van der Waals surface area contributed by atoms with E-state index in [1.165, 1.54) is 11.1 Å². The second kappa shape index (κ2) is 15.7. The highest BCUT2D eigenvalue weighted by Gasteiger charge is 2.54. The maximum absolute atomic E-state index is 18.7. The molecule has 2 aliphatic rings. The fourth-order valence-corrected chi connectivity index (χ4v) is 9.27. The molecule has 0 atom stereocenters. The van der Waals surface area contributed by atoms with Gasteiger partial charge in [0.05, 0.1) is 16.8 Å². The molecule has 2 nitrogen and oxygen atoms in total. The number of hydrogen-bond donors (Lipinski definition) is 0. The number of allylic oxidation sites excluding steroid dienone is 2. The van der Waals surface area contributed by atoms with Gasteiger partial charge in [-0.3, -0.25) is 4.48 Å². The Hall–Kier alpha value is -7.04. The zero-order valence-corrected chi connectivity index (χ0v) is 36.9. The third kappa shape index (κ3) is 7.34. The van der Waals surface area contributed by atoms with Crippen LogP contribution in [0.1, 0.15) is 75.1 Å². The van der Waals surface area contributed by atoms with Gasteiger partial charge < -0.3 is 0 Å². The topological polar surface area (TPSA) is 7.94 Å². The Balaban J connectivity index is 1.35. The Morgan fingerprint density at radius 2 is 0.857 bits per heavy atom. The average Bonchev–Trinajstić information content (AvgIpc) is 3.91. The Morgan fingerprint density at radius 3 is 1.33 bits per heavy atom. The zero-order valence-electron chi connectivity index (χ0n) is 36.9. The summed E-state index contributed by atoms with van der Waals surface area (Å²) in [6.45, 7) is 13.5. The number of benzene rings is 7. The molecule has 1 aromatic heterocycles. The van der Waals surface area contributed by atoms with Crippen LogP contribution in [0.4, 0.5) is 4.32 Å². The van der Waals surface area contributed by atoms with E-state index in [9.17, 15) is 0 Å². The lowest BCUT2D eigenvalue weighted by Gasteiger charge is -2.25. The van der Waals surface area contributed by atoms with Gasteiger partial charge in [-0.2, -0.15) is 0 Å². The molecule has 0 saturated carbocycles. The van der Waals surface area contributed by atoms with E-state index >= 15 is 4.32 Å². The van der Waals surface area contributed by atoms with Gasteiger partial charge in [-0.05, 0) is 103 Å². The lowest BCUT2D eigenvalue weighted by Crippen LogP contribution is -2.41. The Bertz CT molecular complexity index is 3000. The van der Waals surface area contributed by atoms with E-state index in [1.54, 1.807) is 0 Å². The Labute approximate surface area is 372 Å². The smallest absolute Gasteiger partial charge is 0.285 e. The van der Waals surface area contributed by atoms with Crippen LogP contribution in [0.3, 0.4) is 0 Å². The SMILES string of the molecule is CC(C)(C)c1ccc(-c2cc(C3=C4C(c5ccccc5)=CC(c5ccccc5)=[N+]4B(F)n4c(-c5ccccc5)cc(-c5ccccc5)c43)cc(-c3ccc(C(C)(C)C)cc3)c2)cc1. The summed E-state index contributed by atoms with van der Waals surface area (Å²) in [6, 6.07) is 68.7. The van der Waals surface area contributed by atoms with Gasteiger partial charge in [0, 0.05) is 22.9 Å². The minimum absolute atomic E-state index is 0.0204. The van der Waals surface area contributed by atoms with Crippen molar-refractivity contribution in [3.05, 3.63) is 239 Å². The summed E-state index contributed by atoms with van der Waals surface area (Å²) < 4.78 is 22.6. The first-order valence-electron chi connectivity index (χ1n) is 22.1. The first-order chi connectivity index (χ1) is 30.4. The summed E-state index contributed by atoms with van der Waals surface area (Å²) in [7, 11) is -1.56. The van der Waals surface area contributed by atoms with Crippen LogP contribution in [0.2, 0.25) is 0 Å². The Morgan fingerprint density at radius 1 is 0.429 bits per heavy atom. The third-order valence-electron chi connectivity index (χ3n) is 12.7. The summed E-state index contributed by atoms with van der Waals surface area (Å²) in [4.78, 5) is 0. The molecule has 2 aliphatic heterocycles. The van der Waals surface area contributed by atoms with Crippen LogP contribution in [0.15, 0.2) is 206 Å². The molecule has 0 bridgehead atoms. The maximum atomic E-state index is 18.7. The van der Waals surface area contributed by atoms with Crippen LogP contribution in [0.25, 0.3) is 55.8 Å². The van der Waals surface area contributed by atoms with Crippen molar-refractivity contribution < 1.29 is 8.80 Å². The molecule has 63 heavy (non-hydrogen) atoms. The van der Waals surface area contributed by atoms with Crippen LogP contribution >= 0.6 is 0 Å². The third-order valence-corrected chi connectivity index (χ3v) is 12.7. The van der Waals surface area contributed by atoms with Crippen molar-refractivity contribution in [3.8, 4) is 44.6 Å². The maximum Gasteiger partial charge on any atom is 0.847 e. The second-order valence-electron chi connectivity index (χ2n) is 18.9. The molecular formula is C59H51BFN2+. The monoisotopic (exact) mass is 817 g/mol. The van der Waals surface area contributed by atoms with Crippen molar-refractivity contribution in [3.63, 3.8) is 0 Å². The normalized spacial score (nSPS) is 13.9. The van der Waals surface area contributed by atoms with Crippen molar-refractivity contribution in [1.82, 2.24) is 4.48 Å². The highest BCUT2D eigenvalue weighted by atomic mass is 19.1. The number of hydrogen-bond acceptors (Lipinski definition) is 0. The number of fused-ring (bicyclic) bond motifs is 2. The summed E-state index contributed by atoms with van der Waals surface area (Å²) >= 11 is 0. The van der Waals surface area contributed by atoms with Crippen LogP contribution in [0, 0.1) is 0 Å². The molecule has 0 aliphatic carbocycles. The van der Waals surface area contributed by atoms with E-state index in [1.807, 2.05) is 57.5 Å². The van der Waals surface area contributed by atoms with Crippen LogP contribution in [0.5, 0.6) is 0 Å². The van der Waals surface area contributed by atoms with Crippen molar-refractivity contribution in [2.75, 3.05) is 0 Å². The zero-order chi connectivity index (χ0) is 43.5. The first kappa shape index (κ1) is 40.1. The van der Waals surface area contributed by atoms with E-state index in [0.29, 0.717) is 0 Å². The number of aromatic nitrogens is 1. The van der Waals surface area contributed by atoms with Gasteiger partial charge in [0.25, 0.3) is 0 Å². The summed E-state index contributed by atoms with van der Waals surface area (Å²) in [5, 5.41) is 0. The lowest BCUT2D eigenvalue weighted by atomic mass is 9.82. The molecule has 3 heterocycles. The van der Waals surface area contributed by atoms with Gasteiger partial charge in [0.15, 0.2) is 5.71 Å². The minimum Gasteiger partial charge on any atom is -0.285 e. The van der Waals surface area contributed by atoms with E-state index in [0.717, 1.165) is 89.6 Å². The summed E-state index contributed by atoms with van der Waals surface area (Å²) in [5.41, 5.74) is 18.3. The Kier molecular flexibility index (Phi) is 9.99. The summed E-state index contributed by atoms with van der Waals surface area (Å²) in [6.07, 6.45) is 2.20. The molecule has 4 heteroatoms. The van der Waals surface area contributed by atoms with Crippen LogP contribution < -0.4 is 0 Å². The van der Waals surface area contributed by atoms with E-state index in [4.69, 9.17) is 0 Å². The van der Waals surface area contributed by atoms with Gasteiger partial charge >= 0.3 is 7.26 Å². The minimum atomic E-state index is -1.56. The van der Waals surface area contributed by atoms with Gasteiger partial charge in [-0.25, -0.2) is 8.80 Å². The molecule has 7 aromatic carbocycles. The van der Waals surface area contributed by atoms with Crippen molar-refractivity contribution >= 4 is 24.1 Å². The van der Waals surface area contributed by atoms with Gasteiger partial charge in [0.2, 0.25) is 5.70 Å². The molecule has 8 aromatic rings.